The zero-order valence-electron chi connectivity index (χ0n) is 26.6. The van der Waals surface area contributed by atoms with E-state index < -0.39 is 48.4 Å². The summed E-state index contributed by atoms with van der Waals surface area (Å²) in [6.45, 7) is 1.23. The van der Waals surface area contributed by atoms with Gasteiger partial charge in [0, 0.05) is 24.4 Å². The second kappa shape index (κ2) is 12.3. The lowest BCUT2D eigenvalue weighted by Crippen LogP contribution is -2.56. The van der Waals surface area contributed by atoms with Crippen molar-refractivity contribution >= 4 is 59.4 Å². The molecule has 2 saturated carbocycles. The number of ether oxygens (including phenoxy) is 1. The molecule has 4 aromatic rings. The standard InChI is InChI=1S/C23H24BF2N9O6.C6H11NO/c1-41-19(36)30-22(38)5-4-11(7-22)34-13-6-16(27-8-14(13)35(20(34)37)23(24,39)40)28-15-3-2-12-17(29-15)31-32-18(12)33-9-21(25,26)10-33;1-2-4-3-5(4)6(7)8/h2-3,6,8,11,38-40H,4-5,7,9-10H2,1H3,(H,30,36)(H2,27,28,29,31,32);4-5H,2-3H2,1H3,(H2,7,8). The molecule has 260 valence electrons. The molecule has 2 aliphatic carbocycles. The van der Waals surface area contributed by atoms with Crippen molar-refractivity contribution in [3.8, 4) is 0 Å². The molecule has 4 aromatic heterocycles. The van der Waals surface area contributed by atoms with Crippen LogP contribution in [0.4, 0.5) is 31.0 Å². The van der Waals surface area contributed by atoms with E-state index in [1.165, 1.54) is 21.7 Å². The van der Waals surface area contributed by atoms with Gasteiger partial charge in [-0.25, -0.2) is 32.9 Å². The fourth-order valence-corrected chi connectivity index (χ4v) is 6.47. The van der Waals surface area contributed by atoms with Gasteiger partial charge in [-0.2, -0.15) is 5.10 Å². The number of primary amides is 1. The van der Waals surface area contributed by atoms with Gasteiger partial charge in [0.1, 0.15) is 17.4 Å². The average molecular weight is 684 g/mol. The average Bonchev–Trinajstić information content (AvgIpc) is 3.42. The molecule has 49 heavy (non-hydrogen) atoms. The first-order valence-electron chi connectivity index (χ1n) is 15.5. The number of nitrogens with one attached hydrogen (secondary N) is 3. The number of methoxy groups -OCH3 is 1. The highest BCUT2D eigenvalue weighted by atomic mass is 19.3. The molecule has 17 nitrogen and oxygen atoms in total. The Hall–Kier alpha value is -4.82. The summed E-state index contributed by atoms with van der Waals surface area (Å²) in [6.07, 6.45) is 2.78. The maximum Gasteiger partial charge on any atom is 0.409 e. The number of carbonyl (C=O) groups is 2. The van der Waals surface area contributed by atoms with Crippen LogP contribution in [0.2, 0.25) is 0 Å². The van der Waals surface area contributed by atoms with Crippen LogP contribution in [-0.2, 0) is 15.3 Å². The van der Waals surface area contributed by atoms with Gasteiger partial charge >= 0.3 is 11.8 Å². The number of H-pyrrole nitrogens is 1. The van der Waals surface area contributed by atoms with Gasteiger partial charge in [-0.3, -0.25) is 19.8 Å². The Bertz CT molecular complexity index is 1970. The maximum absolute atomic E-state index is 13.4. The Kier molecular flexibility index (Phi) is 8.52. The number of hydrogen-bond acceptors (Lipinski definition) is 12. The molecule has 3 fully saturated rings. The number of carbonyl (C=O) groups excluding carboxylic acids is 2. The molecule has 2 radical (unpaired) electrons. The first-order chi connectivity index (χ1) is 23.0. The van der Waals surface area contributed by atoms with Crippen LogP contribution in [0.5, 0.6) is 0 Å². The summed E-state index contributed by atoms with van der Waals surface area (Å²) in [4.78, 5) is 45.5. The molecule has 0 spiro atoms. The van der Waals surface area contributed by atoms with Crippen LogP contribution in [-0.4, -0.2) is 96.3 Å². The van der Waals surface area contributed by atoms with Crippen molar-refractivity contribution < 1.29 is 38.4 Å². The number of aromatic nitrogens is 6. The Morgan fingerprint density at radius 2 is 1.98 bits per heavy atom. The molecule has 7 rings (SSSR count). The molecule has 4 atom stereocenters. The molecular weight excluding hydrogens is 649 g/mol. The fraction of sp³-hybridized carbons (Fsp3) is 0.517. The van der Waals surface area contributed by atoms with Crippen molar-refractivity contribution in [1.82, 2.24) is 34.6 Å². The number of nitrogens with two attached hydrogens (primary N) is 1. The molecule has 2 amide bonds. The predicted octanol–water partition coefficient (Wildman–Crippen LogP) is 0.677. The number of amides is 2. The largest absolute Gasteiger partial charge is 0.453 e. The van der Waals surface area contributed by atoms with Gasteiger partial charge in [-0.15, -0.1) is 0 Å². The highest BCUT2D eigenvalue weighted by Crippen LogP contribution is 2.40. The number of alkyl halides is 2. The molecule has 4 unspecified atom stereocenters. The minimum atomic E-state index is -3.05. The highest BCUT2D eigenvalue weighted by molar-refractivity contribution is 6.11. The van der Waals surface area contributed by atoms with Crippen molar-refractivity contribution in [3.05, 3.63) is 34.9 Å². The predicted molar refractivity (Wildman–Crippen MR) is 171 cm³/mol. The zero-order valence-corrected chi connectivity index (χ0v) is 26.6. The number of rotatable bonds is 8. The summed E-state index contributed by atoms with van der Waals surface area (Å²) in [6, 6.07) is 4.07. The van der Waals surface area contributed by atoms with Crippen molar-refractivity contribution in [2.45, 2.75) is 62.5 Å². The SMILES string of the molecule is CCC1CC1C(N)=O.[B]C(O)(O)n1c(=O)n(C2CCC(O)(NC(=O)OC)C2)c2cc(Nc3ccc4c(N5CC(F)(F)C5)n[nH]c4n3)ncc21. The fourth-order valence-electron chi connectivity index (χ4n) is 6.47. The number of pyridine rings is 2. The number of hydrogen-bond donors (Lipinski definition) is 7. The van der Waals surface area contributed by atoms with Gasteiger partial charge in [0.2, 0.25) is 5.91 Å². The zero-order chi connectivity index (χ0) is 35.5. The van der Waals surface area contributed by atoms with Crippen molar-refractivity contribution in [2.75, 3.05) is 30.4 Å². The van der Waals surface area contributed by atoms with Gasteiger partial charge in [0.15, 0.2) is 25.1 Å². The van der Waals surface area contributed by atoms with Crippen LogP contribution < -0.4 is 27.0 Å². The summed E-state index contributed by atoms with van der Waals surface area (Å²) >= 11 is 0. The third kappa shape index (κ3) is 6.75. The van der Waals surface area contributed by atoms with E-state index in [1.54, 1.807) is 12.1 Å². The van der Waals surface area contributed by atoms with Crippen LogP contribution in [0.15, 0.2) is 29.2 Å². The van der Waals surface area contributed by atoms with E-state index in [1.807, 2.05) is 0 Å². The summed E-state index contributed by atoms with van der Waals surface area (Å²) in [7, 11) is 6.62. The number of imidazole rings is 1. The van der Waals surface area contributed by atoms with E-state index in [-0.39, 0.29) is 47.9 Å². The van der Waals surface area contributed by atoms with E-state index >= 15 is 0 Å². The number of halogens is 2. The number of anilines is 3. The number of aromatic amines is 1. The lowest BCUT2D eigenvalue weighted by atomic mass is 10.0. The van der Waals surface area contributed by atoms with Crippen molar-refractivity contribution in [3.63, 3.8) is 0 Å². The number of alkyl carbamates (subject to hydrolysis) is 1. The topological polar surface area (TPSA) is 239 Å². The maximum atomic E-state index is 13.4. The molecular formula is C29H35BF2N10O7. The molecule has 1 aliphatic heterocycles. The van der Waals surface area contributed by atoms with Crippen molar-refractivity contribution in [2.24, 2.45) is 17.6 Å². The quantitative estimate of drug-likeness (QED) is 0.100. The monoisotopic (exact) mass is 684 g/mol. The van der Waals surface area contributed by atoms with E-state index in [0.717, 1.165) is 20.0 Å². The van der Waals surface area contributed by atoms with Crippen LogP contribution in [0.1, 0.15) is 45.1 Å². The lowest BCUT2D eigenvalue weighted by molar-refractivity contribution is -0.151. The summed E-state index contributed by atoms with van der Waals surface area (Å²) in [5, 5.41) is 43.8. The molecule has 3 aliphatic rings. The Morgan fingerprint density at radius 1 is 1.24 bits per heavy atom. The van der Waals surface area contributed by atoms with E-state index in [0.29, 0.717) is 33.2 Å². The third-order valence-corrected chi connectivity index (χ3v) is 9.05. The van der Waals surface area contributed by atoms with E-state index in [9.17, 15) is 38.5 Å². The van der Waals surface area contributed by atoms with Crippen LogP contribution in [0.3, 0.4) is 0 Å². The van der Waals surface area contributed by atoms with Gasteiger partial charge < -0.3 is 36.0 Å². The van der Waals surface area contributed by atoms with Gasteiger partial charge in [-0.05, 0) is 37.3 Å². The smallest absolute Gasteiger partial charge is 0.409 e. The molecule has 0 aromatic carbocycles. The first-order valence-corrected chi connectivity index (χ1v) is 15.5. The Morgan fingerprint density at radius 3 is 2.57 bits per heavy atom. The summed E-state index contributed by atoms with van der Waals surface area (Å²) in [5.41, 5.74) is 3.04. The van der Waals surface area contributed by atoms with Gasteiger partial charge in [0.25, 0.3) is 5.92 Å². The molecule has 1 saturated heterocycles. The minimum Gasteiger partial charge on any atom is -0.453 e. The van der Waals surface area contributed by atoms with Crippen molar-refractivity contribution in [1.29, 1.82) is 0 Å². The molecule has 0 bridgehead atoms. The number of nitrogens with zero attached hydrogens (tertiary/aromatic N) is 6. The minimum absolute atomic E-state index is 0.00242. The second-order valence-electron chi connectivity index (χ2n) is 12.7. The van der Waals surface area contributed by atoms with Gasteiger partial charge in [0.05, 0.1) is 42.8 Å². The van der Waals surface area contributed by atoms with Gasteiger partial charge in [-0.1, -0.05) is 13.3 Å². The first kappa shape index (κ1) is 34.1. The molecule has 5 heterocycles. The normalized spacial score (nSPS) is 24.2. The Balaban J connectivity index is 0.000000459. The highest BCUT2D eigenvalue weighted by Gasteiger charge is 2.45. The van der Waals surface area contributed by atoms with Crippen LogP contribution >= 0.6 is 0 Å². The second-order valence-corrected chi connectivity index (χ2v) is 12.7. The van der Waals surface area contributed by atoms with E-state index in [2.05, 4.69) is 42.5 Å². The third-order valence-electron chi connectivity index (χ3n) is 9.05. The summed E-state index contributed by atoms with van der Waals surface area (Å²) in [5.74, 6) is -4.18. The van der Waals surface area contributed by atoms with E-state index in [4.69, 9.17) is 13.6 Å². The van der Waals surface area contributed by atoms with Crippen LogP contribution in [0, 0.1) is 11.8 Å². The Labute approximate surface area is 277 Å². The summed E-state index contributed by atoms with van der Waals surface area (Å²) < 4.78 is 33.0. The lowest BCUT2D eigenvalue weighted by Gasteiger charge is -2.38. The molecule has 8 N–H and O–H groups in total. The number of aliphatic hydroxyl groups is 3. The molecule has 20 heteroatoms. The number of fused-ring (bicyclic) bond motifs is 2. The van der Waals surface area contributed by atoms with Crippen LogP contribution in [0.25, 0.3) is 22.1 Å².